The van der Waals surface area contributed by atoms with Crippen LogP contribution in [0.5, 0.6) is 23.0 Å². The van der Waals surface area contributed by atoms with Gasteiger partial charge < -0.3 is 18.8 Å². The van der Waals surface area contributed by atoms with Crippen molar-refractivity contribution < 1.29 is 13.9 Å². The Bertz CT molecular complexity index is 2620. The predicted octanol–water partition coefficient (Wildman–Crippen LogP) is 13.4. The Morgan fingerprint density at radius 1 is 0.520 bits per heavy atom. The molecule has 8 aromatic rings. The molecule has 0 N–H and O–H groups in total. The Hall–Kier alpha value is -5.91. The van der Waals surface area contributed by atoms with Gasteiger partial charge in [0.25, 0.3) is 0 Å². The largest absolute Gasteiger partial charge is 0.455 e. The summed E-state index contributed by atoms with van der Waals surface area (Å²) in [5, 5.41) is 2.16. The van der Waals surface area contributed by atoms with Crippen LogP contribution < -0.4 is 14.4 Å². The van der Waals surface area contributed by atoms with E-state index in [2.05, 4.69) is 140 Å². The number of nitrogens with zero attached hydrogens (tertiary/aromatic N) is 1. The summed E-state index contributed by atoms with van der Waals surface area (Å²) in [5.41, 5.74) is 8.74. The Labute approximate surface area is 294 Å². The Morgan fingerprint density at radius 2 is 1.18 bits per heavy atom. The second kappa shape index (κ2) is 11.1. The topological polar surface area (TPSA) is 34.8 Å². The Balaban J connectivity index is 1.15. The Kier molecular flexibility index (Phi) is 6.42. The SMILES string of the molecule is CC1(C)c2ccccc2Oc2c(N(c3ccc(-c4cccc5c4Oc4ccccc4S5)cc3)c3cccc4c3oc3ccccc34)cccc21. The van der Waals surface area contributed by atoms with Gasteiger partial charge in [-0.3, -0.25) is 0 Å². The molecule has 10 rings (SSSR count). The van der Waals surface area contributed by atoms with E-state index in [0.29, 0.717) is 0 Å². The molecule has 0 fully saturated rings. The first kappa shape index (κ1) is 29.0. The van der Waals surface area contributed by atoms with E-state index in [9.17, 15) is 0 Å². The number of fused-ring (bicyclic) bond motifs is 7. The van der Waals surface area contributed by atoms with Gasteiger partial charge in [-0.05, 0) is 60.2 Å². The molecular weight excluding hydrogens is 635 g/mol. The zero-order valence-electron chi connectivity index (χ0n) is 27.5. The summed E-state index contributed by atoms with van der Waals surface area (Å²) in [7, 11) is 0. The molecule has 5 heteroatoms. The number of hydrogen-bond donors (Lipinski definition) is 0. The molecule has 1 aromatic heterocycles. The van der Waals surface area contributed by atoms with Crippen molar-refractivity contribution in [3.63, 3.8) is 0 Å². The molecule has 0 amide bonds. The van der Waals surface area contributed by atoms with Crippen molar-refractivity contribution in [1.29, 1.82) is 0 Å². The van der Waals surface area contributed by atoms with Crippen LogP contribution in [0.4, 0.5) is 17.1 Å². The van der Waals surface area contributed by atoms with Crippen LogP contribution in [0.15, 0.2) is 166 Å². The van der Waals surface area contributed by atoms with Gasteiger partial charge in [0, 0.05) is 38.6 Å². The van der Waals surface area contributed by atoms with Gasteiger partial charge in [-0.1, -0.05) is 123 Å². The van der Waals surface area contributed by atoms with E-state index in [1.54, 1.807) is 11.8 Å². The highest BCUT2D eigenvalue weighted by atomic mass is 32.2. The van der Waals surface area contributed by atoms with Crippen molar-refractivity contribution in [3.8, 4) is 34.1 Å². The molecule has 0 saturated heterocycles. The highest BCUT2D eigenvalue weighted by Crippen LogP contribution is 2.55. The normalized spacial score (nSPS) is 13.8. The van der Waals surface area contributed by atoms with Crippen LogP contribution in [0.1, 0.15) is 25.0 Å². The van der Waals surface area contributed by atoms with Crippen LogP contribution in [0.3, 0.4) is 0 Å². The van der Waals surface area contributed by atoms with Gasteiger partial charge in [0.15, 0.2) is 11.3 Å². The van der Waals surface area contributed by atoms with Crippen LogP contribution in [0.25, 0.3) is 33.1 Å². The minimum absolute atomic E-state index is 0.260. The van der Waals surface area contributed by atoms with Gasteiger partial charge in [0.05, 0.1) is 21.2 Å². The van der Waals surface area contributed by atoms with Crippen LogP contribution in [0, 0.1) is 0 Å². The third-order valence-electron chi connectivity index (χ3n) is 10.0. The van der Waals surface area contributed by atoms with E-state index >= 15 is 0 Å². The van der Waals surface area contributed by atoms with Crippen molar-refractivity contribution in [1.82, 2.24) is 0 Å². The van der Waals surface area contributed by atoms with Gasteiger partial charge in [-0.25, -0.2) is 0 Å². The lowest BCUT2D eigenvalue weighted by Gasteiger charge is -2.37. The van der Waals surface area contributed by atoms with E-state index in [4.69, 9.17) is 13.9 Å². The molecule has 4 nitrogen and oxygen atoms in total. The summed E-state index contributed by atoms with van der Waals surface area (Å²) in [6, 6.07) is 52.7. The molecule has 0 aliphatic carbocycles. The zero-order chi connectivity index (χ0) is 33.4. The fourth-order valence-corrected chi connectivity index (χ4v) is 8.49. The number of anilines is 3. The molecule has 2 aliphatic rings. The van der Waals surface area contributed by atoms with Crippen LogP contribution >= 0.6 is 11.8 Å². The number of furan rings is 1. The van der Waals surface area contributed by atoms with Crippen LogP contribution in [0.2, 0.25) is 0 Å². The fraction of sp³-hybridized carbons (Fsp3) is 0.0667. The van der Waals surface area contributed by atoms with Crippen LogP contribution in [-0.4, -0.2) is 0 Å². The highest BCUT2D eigenvalue weighted by Gasteiger charge is 2.37. The monoisotopic (exact) mass is 665 g/mol. The molecule has 0 atom stereocenters. The fourth-order valence-electron chi connectivity index (χ4n) is 7.51. The summed E-state index contributed by atoms with van der Waals surface area (Å²) in [5.74, 6) is 3.49. The van der Waals surface area contributed by atoms with Crippen molar-refractivity contribution in [3.05, 3.63) is 163 Å². The minimum atomic E-state index is -0.260. The van der Waals surface area contributed by atoms with Gasteiger partial charge >= 0.3 is 0 Å². The van der Waals surface area contributed by atoms with Crippen molar-refractivity contribution >= 4 is 50.8 Å². The summed E-state index contributed by atoms with van der Waals surface area (Å²) < 4.78 is 20.0. The first-order valence-corrected chi connectivity index (χ1v) is 17.7. The maximum absolute atomic E-state index is 6.83. The summed E-state index contributed by atoms with van der Waals surface area (Å²) in [6.45, 7) is 4.55. The molecule has 2 aliphatic heterocycles. The molecule has 0 bridgehead atoms. The number of benzene rings is 7. The Morgan fingerprint density at radius 3 is 2.08 bits per heavy atom. The van der Waals surface area contributed by atoms with Gasteiger partial charge in [0.2, 0.25) is 0 Å². The maximum Gasteiger partial charge on any atom is 0.159 e. The van der Waals surface area contributed by atoms with Crippen molar-refractivity contribution in [2.75, 3.05) is 4.90 Å². The number of hydrogen-bond acceptors (Lipinski definition) is 5. The van der Waals surface area contributed by atoms with E-state index in [0.717, 1.165) is 88.5 Å². The number of rotatable bonds is 4. The maximum atomic E-state index is 6.83. The second-order valence-electron chi connectivity index (χ2n) is 13.3. The lowest BCUT2D eigenvalue weighted by molar-refractivity contribution is 0.419. The van der Waals surface area contributed by atoms with E-state index in [-0.39, 0.29) is 5.41 Å². The third kappa shape index (κ3) is 4.40. The molecule has 3 heterocycles. The molecule has 0 saturated carbocycles. The average Bonchev–Trinajstić information content (AvgIpc) is 3.54. The lowest BCUT2D eigenvalue weighted by Crippen LogP contribution is -2.25. The van der Waals surface area contributed by atoms with Gasteiger partial charge in [-0.15, -0.1) is 0 Å². The minimum Gasteiger partial charge on any atom is -0.455 e. The highest BCUT2D eigenvalue weighted by molar-refractivity contribution is 7.99. The smallest absolute Gasteiger partial charge is 0.159 e. The van der Waals surface area contributed by atoms with Crippen molar-refractivity contribution in [2.45, 2.75) is 29.1 Å². The van der Waals surface area contributed by atoms with Crippen molar-refractivity contribution in [2.24, 2.45) is 0 Å². The molecule has 0 unspecified atom stereocenters. The lowest BCUT2D eigenvalue weighted by atomic mass is 9.75. The van der Waals surface area contributed by atoms with E-state index in [1.807, 2.05) is 30.3 Å². The molecule has 240 valence electrons. The summed E-state index contributed by atoms with van der Waals surface area (Å²) in [4.78, 5) is 4.52. The summed E-state index contributed by atoms with van der Waals surface area (Å²) in [6.07, 6.45) is 0. The molecule has 0 spiro atoms. The first-order chi connectivity index (χ1) is 24.5. The molecule has 7 aromatic carbocycles. The van der Waals surface area contributed by atoms with Crippen LogP contribution in [-0.2, 0) is 5.41 Å². The molecule has 0 radical (unpaired) electrons. The quantitative estimate of drug-likeness (QED) is 0.187. The first-order valence-electron chi connectivity index (χ1n) is 16.8. The van der Waals surface area contributed by atoms with E-state index < -0.39 is 0 Å². The zero-order valence-corrected chi connectivity index (χ0v) is 28.3. The average molecular weight is 666 g/mol. The molecular formula is C45H31NO3S. The second-order valence-corrected chi connectivity index (χ2v) is 14.4. The third-order valence-corrected chi connectivity index (χ3v) is 11.1. The standard InChI is InChI=1S/C45H31NO3S/c1-45(2)33-15-4-6-20-38(33)48-44-34(45)16-11-18-36(44)46(35-17-9-14-32-31-12-3-5-19-37(31)47-42(32)35)29-26-24-28(25-27-29)30-13-10-23-41-43(30)49-39-21-7-8-22-40(39)50-41/h3-27H,1-2H3. The number of para-hydroxylation sites is 6. The molecule has 50 heavy (non-hydrogen) atoms. The number of ether oxygens (including phenoxy) is 2. The summed E-state index contributed by atoms with van der Waals surface area (Å²) >= 11 is 1.75. The van der Waals surface area contributed by atoms with Gasteiger partial charge in [0.1, 0.15) is 22.8 Å². The predicted molar refractivity (Wildman–Crippen MR) is 203 cm³/mol. The van der Waals surface area contributed by atoms with Gasteiger partial charge in [-0.2, -0.15) is 0 Å². The van der Waals surface area contributed by atoms with E-state index in [1.165, 1.54) is 5.56 Å².